The molecule has 0 saturated carbocycles. The Bertz CT molecular complexity index is 1120. The Hall–Kier alpha value is -3.64. The Morgan fingerprint density at radius 1 is 0.966 bits per heavy atom. The first kappa shape index (κ1) is 18.7. The van der Waals surface area contributed by atoms with Gasteiger partial charge in [-0.05, 0) is 55.0 Å². The number of phenols is 1. The third-order valence-corrected chi connectivity index (χ3v) is 4.59. The number of aromatic hydroxyl groups is 1. The van der Waals surface area contributed by atoms with Gasteiger partial charge in [0, 0.05) is 23.0 Å². The molecule has 0 aliphatic heterocycles. The Morgan fingerprint density at radius 2 is 1.66 bits per heavy atom. The molecule has 0 saturated heterocycles. The van der Waals surface area contributed by atoms with E-state index in [4.69, 9.17) is 0 Å². The number of aromatic nitrogens is 2. The van der Waals surface area contributed by atoms with Crippen molar-refractivity contribution in [3.63, 3.8) is 0 Å². The first-order valence-corrected chi connectivity index (χ1v) is 9.18. The van der Waals surface area contributed by atoms with Crippen LogP contribution >= 0.6 is 0 Å². The number of aliphatic hydroxyl groups excluding tert-OH is 1. The highest BCUT2D eigenvalue weighted by Crippen LogP contribution is 2.35. The van der Waals surface area contributed by atoms with Crippen LogP contribution in [0.4, 0.5) is 10.1 Å². The van der Waals surface area contributed by atoms with Gasteiger partial charge in [0.1, 0.15) is 24.1 Å². The molecule has 0 fully saturated rings. The number of rotatable bonds is 5. The van der Waals surface area contributed by atoms with Gasteiger partial charge in [0.15, 0.2) is 0 Å². The maximum atomic E-state index is 13.1. The molecule has 29 heavy (non-hydrogen) atoms. The highest BCUT2D eigenvalue weighted by atomic mass is 19.1. The van der Waals surface area contributed by atoms with Crippen LogP contribution in [0.25, 0.3) is 28.1 Å². The van der Waals surface area contributed by atoms with Crippen LogP contribution in [0, 0.1) is 5.82 Å². The summed E-state index contributed by atoms with van der Waals surface area (Å²) in [5.74, 6) is -0.167. The van der Waals surface area contributed by atoms with E-state index >= 15 is 0 Å². The quantitative estimate of drug-likeness (QED) is 0.429. The van der Waals surface area contributed by atoms with Crippen molar-refractivity contribution in [1.29, 1.82) is 0 Å². The molecular formula is C23H20FN3O2. The largest absolute Gasteiger partial charge is 0.505 e. The number of aliphatic hydroxyl groups is 1. The molecule has 1 aromatic heterocycles. The molecule has 5 nitrogen and oxygen atoms in total. The van der Waals surface area contributed by atoms with Crippen molar-refractivity contribution in [1.82, 2.24) is 9.55 Å². The standard InChI is InChI=1S/C23H20FN3O2/c1-15(28)26-19-11-7-16(8-12-19)20-3-2-4-22(23(20)29)27-13-21(25-14-27)17-5-9-18(24)10-6-17/h2-15,26,28-29H,1H3. The van der Waals surface area contributed by atoms with E-state index in [1.165, 1.54) is 12.1 Å². The summed E-state index contributed by atoms with van der Waals surface area (Å²) in [6.45, 7) is 1.65. The summed E-state index contributed by atoms with van der Waals surface area (Å²) in [7, 11) is 0. The molecule has 0 aliphatic rings. The second kappa shape index (κ2) is 7.77. The predicted molar refractivity (Wildman–Crippen MR) is 111 cm³/mol. The van der Waals surface area contributed by atoms with Crippen LogP contribution in [-0.2, 0) is 0 Å². The Morgan fingerprint density at radius 3 is 2.34 bits per heavy atom. The molecule has 3 aromatic carbocycles. The number of nitrogens with one attached hydrogen (secondary N) is 1. The number of imidazole rings is 1. The van der Waals surface area contributed by atoms with Crippen molar-refractivity contribution < 1.29 is 14.6 Å². The zero-order chi connectivity index (χ0) is 20.4. The average Bonchev–Trinajstić information content (AvgIpc) is 3.19. The van der Waals surface area contributed by atoms with Crippen molar-refractivity contribution in [3.8, 4) is 33.8 Å². The van der Waals surface area contributed by atoms with E-state index in [2.05, 4.69) is 10.3 Å². The fourth-order valence-electron chi connectivity index (χ4n) is 3.18. The van der Waals surface area contributed by atoms with E-state index in [9.17, 15) is 14.6 Å². The summed E-state index contributed by atoms with van der Waals surface area (Å²) in [5, 5.41) is 23.2. The van der Waals surface area contributed by atoms with Crippen molar-refractivity contribution in [2.75, 3.05) is 5.32 Å². The molecule has 6 heteroatoms. The summed E-state index contributed by atoms with van der Waals surface area (Å²) < 4.78 is 14.9. The van der Waals surface area contributed by atoms with E-state index in [0.29, 0.717) is 16.9 Å². The number of benzene rings is 3. The molecule has 0 amide bonds. The number of halogens is 1. The van der Waals surface area contributed by atoms with Crippen LogP contribution < -0.4 is 5.32 Å². The van der Waals surface area contributed by atoms with Gasteiger partial charge >= 0.3 is 0 Å². The summed E-state index contributed by atoms with van der Waals surface area (Å²) in [6, 6.07) is 19.1. The second-order valence-electron chi connectivity index (χ2n) is 6.74. The normalized spacial score (nSPS) is 12.0. The van der Waals surface area contributed by atoms with Crippen molar-refractivity contribution >= 4 is 5.69 Å². The van der Waals surface area contributed by atoms with Crippen LogP contribution in [0.5, 0.6) is 5.75 Å². The molecule has 1 atom stereocenters. The van der Waals surface area contributed by atoms with Gasteiger partial charge in [-0.25, -0.2) is 9.37 Å². The highest BCUT2D eigenvalue weighted by molar-refractivity contribution is 5.76. The predicted octanol–water partition coefficient (Wildman–Crippen LogP) is 4.80. The molecule has 4 aromatic rings. The number of hydrogen-bond acceptors (Lipinski definition) is 4. The molecule has 146 valence electrons. The van der Waals surface area contributed by atoms with Gasteiger partial charge in [-0.2, -0.15) is 0 Å². The van der Waals surface area contributed by atoms with E-state index in [1.54, 1.807) is 42.2 Å². The first-order chi connectivity index (χ1) is 14.0. The number of anilines is 1. The number of phenolic OH excluding ortho intramolecular Hbond substituents is 1. The van der Waals surface area contributed by atoms with E-state index in [1.807, 2.05) is 36.4 Å². The minimum atomic E-state index is -0.644. The monoisotopic (exact) mass is 389 g/mol. The molecule has 1 unspecified atom stereocenters. The van der Waals surface area contributed by atoms with Crippen molar-refractivity contribution in [2.45, 2.75) is 13.2 Å². The zero-order valence-corrected chi connectivity index (χ0v) is 15.7. The topological polar surface area (TPSA) is 70.3 Å². The van der Waals surface area contributed by atoms with Crippen LogP contribution in [0.1, 0.15) is 6.92 Å². The lowest BCUT2D eigenvalue weighted by Crippen LogP contribution is -2.12. The summed E-state index contributed by atoms with van der Waals surface area (Å²) in [5.41, 5.74) is 4.39. The van der Waals surface area contributed by atoms with Crippen LogP contribution in [-0.4, -0.2) is 26.0 Å². The summed E-state index contributed by atoms with van der Waals surface area (Å²) in [6.07, 6.45) is 2.77. The molecule has 0 bridgehead atoms. The molecule has 0 aliphatic carbocycles. The summed E-state index contributed by atoms with van der Waals surface area (Å²) in [4.78, 5) is 4.37. The SMILES string of the molecule is CC(O)Nc1ccc(-c2cccc(-n3cnc(-c4ccc(F)cc4)c3)c2O)cc1. The lowest BCUT2D eigenvalue weighted by atomic mass is 10.0. The van der Waals surface area contributed by atoms with Gasteiger partial charge in [-0.15, -0.1) is 0 Å². The average molecular weight is 389 g/mol. The zero-order valence-electron chi connectivity index (χ0n) is 15.7. The van der Waals surface area contributed by atoms with Crippen LogP contribution in [0.3, 0.4) is 0 Å². The van der Waals surface area contributed by atoms with E-state index < -0.39 is 6.23 Å². The minimum absolute atomic E-state index is 0.131. The van der Waals surface area contributed by atoms with Crippen LogP contribution in [0.15, 0.2) is 79.3 Å². The summed E-state index contributed by atoms with van der Waals surface area (Å²) >= 11 is 0. The van der Waals surface area contributed by atoms with Gasteiger partial charge in [-0.3, -0.25) is 0 Å². The molecular weight excluding hydrogens is 369 g/mol. The third-order valence-electron chi connectivity index (χ3n) is 4.59. The fourth-order valence-corrected chi connectivity index (χ4v) is 3.18. The van der Waals surface area contributed by atoms with Crippen molar-refractivity contribution in [2.24, 2.45) is 0 Å². The number of para-hydroxylation sites is 1. The van der Waals surface area contributed by atoms with Gasteiger partial charge in [0.25, 0.3) is 0 Å². The van der Waals surface area contributed by atoms with Gasteiger partial charge in [0.05, 0.1) is 11.4 Å². The Balaban J connectivity index is 1.66. The Kier molecular flexibility index (Phi) is 5.01. The van der Waals surface area contributed by atoms with Gasteiger partial charge < -0.3 is 20.1 Å². The van der Waals surface area contributed by atoms with E-state index in [0.717, 1.165) is 16.8 Å². The first-order valence-electron chi connectivity index (χ1n) is 9.18. The maximum Gasteiger partial charge on any atom is 0.147 e. The smallest absolute Gasteiger partial charge is 0.147 e. The fraction of sp³-hybridized carbons (Fsp3) is 0.0870. The van der Waals surface area contributed by atoms with E-state index in [-0.39, 0.29) is 11.6 Å². The minimum Gasteiger partial charge on any atom is -0.505 e. The van der Waals surface area contributed by atoms with Gasteiger partial charge in [-0.1, -0.05) is 24.3 Å². The molecule has 0 radical (unpaired) electrons. The second-order valence-corrected chi connectivity index (χ2v) is 6.74. The number of hydrogen-bond donors (Lipinski definition) is 3. The maximum absolute atomic E-state index is 13.1. The molecule has 1 heterocycles. The van der Waals surface area contributed by atoms with Gasteiger partial charge in [0.2, 0.25) is 0 Å². The third kappa shape index (κ3) is 3.97. The Labute approximate surface area is 167 Å². The molecule has 3 N–H and O–H groups in total. The highest BCUT2D eigenvalue weighted by Gasteiger charge is 2.12. The number of nitrogens with zero attached hydrogens (tertiary/aromatic N) is 2. The van der Waals surface area contributed by atoms with Crippen molar-refractivity contribution in [3.05, 3.63) is 85.1 Å². The van der Waals surface area contributed by atoms with Crippen LogP contribution in [0.2, 0.25) is 0 Å². The lowest BCUT2D eigenvalue weighted by molar-refractivity contribution is 0.224. The lowest BCUT2D eigenvalue weighted by Gasteiger charge is -2.12. The molecule has 4 rings (SSSR count). The molecule has 0 spiro atoms.